The zero-order valence-electron chi connectivity index (χ0n) is 17.6. The Morgan fingerprint density at radius 2 is 1.70 bits per heavy atom. The highest BCUT2D eigenvalue weighted by molar-refractivity contribution is 6.30. The quantitative estimate of drug-likeness (QED) is 0.652. The van der Waals surface area contributed by atoms with E-state index in [0.717, 1.165) is 27.9 Å². The number of nitrogens with zero attached hydrogens (tertiary/aromatic N) is 2. The van der Waals surface area contributed by atoms with E-state index < -0.39 is 6.10 Å². The van der Waals surface area contributed by atoms with E-state index in [-0.39, 0.29) is 17.3 Å². The lowest BCUT2D eigenvalue weighted by Gasteiger charge is -2.17. The van der Waals surface area contributed by atoms with Gasteiger partial charge in [-0.05, 0) is 63.4 Å². The summed E-state index contributed by atoms with van der Waals surface area (Å²) in [7, 11) is 0. The maximum atomic E-state index is 12.7. The maximum Gasteiger partial charge on any atom is 0.271 e. The number of benzene rings is 2. The van der Waals surface area contributed by atoms with Gasteiger partial charge in [0.2, 0.25) is 5.88 Å². The second kappa shape index (κ2) is 8.71. The molecule has 0 saturated heterocycles. The third kappa shape index (κ3) is 4.71. The molecule has 0 aliphatic heterocycles. The molecule has 1 heterocycles. The van der Waals surface area contributed by atoms with E-state index in [2.05, 4.69) is 10.4 Å². The van der Waals surface area contributed by atoms with Crippen LogP contribution in [-0.2, 0) is 4.79 Å². The number of carbonyl (C=O) groups is 1. The van der Waals surface area contributed by atoms with Crippen LogP contribution in [0.4, 0.5) is 5.69 Å². The van der Waals surface area contributed by atoms with E-state index in [1.165, 1.54) is 16.8 Å². The summed E-state index contributed by atoms with van der Waals surface area (Å²) in [5.74, 6) is -0.141. The van der Waals surface area contributed by atoms with Gasteiger partial charge in [0.1, 0.15) is 0 Å². The zero-order valence-corrected chi connectivity index (χ0v) is 18.4. The Bertz CT molecular complexity index is 1150. The first kappa shape index (κ1) is 21.6. The van der Waals surface area contributed by atoms with Crippen LogP contribution in [0.3, 0.4) is 0 Å². The fraction of sp³-hybridized carbons (Fsp3) is 0.261. The zero-order chi connectivity index (χ0) is 22.0. The molecule has 7 heteroatoms. The van der Waals surface area contributed by atoms with Gasteiger partial charge in [0.15, 0.2) is 6.10 Å². The molecule has 0 fully saturated rings. The van der Waals surface area contributed by atoms with Crippen LogP contribution in [0.1, 0.15) is 29.2 Å². The molecule has 1 aromatic heterocycles. The van der Waals surface area contributed by atoms with Crippen molar-refractivity contribution in [3.63, 3.8) is 0 Å². The lowest BCUT2D eigenvalue weighted by atomic mass is 10.0. The van der Waals surface area contributed by atoms with Crippen LogP contribution in [0, 0.1) is 27.7 Å². The van der Waals surface area contributed by atoms with Gasteiger partial charge in [0.05, 0.1) is 5.69 Å². The van der Waals surface area contributed by atoms with Crippen LogP contribution in [0.2, 0.25) is 5.02 Å². The van der Waals surface area contributed by atoms with E-state index in [4.69, 9.17) is 16.3 Å². The number of halogens is 1. The number of ether oxygens (including phenoxy) is 1. The number of nitrogens with one attached hydrogen (secondary N) is 1. The Balaban J connectivity index is 1.82. The Labute approximate surface area is 180 Å². The van der Waals surface area contributed by atoms with Crippen molar-refractivity contribution in [2.75, 3.05) is 5.32 Å². The lowest BCUT2D eigenvalue weighted by Crippen LogP contribution is -2.32. The molecule has 0 radical (unpaired) electrons. The Hall–Kier alpha value is -3.12. The number of anilines is 1. The molecule has 6 nitrogen and oxygen atoms in total. The van der Waals surface area contributed by atoms with Crippen LogP contribution in [0.5, 0.6) is 5.88 Å². The summed E-state index contributed by atoms with van der Waals surface area (Å²) in [6.07, 6.45) is -0.816. The minimum absolute atomic E-state index is 0.161. The topological polar surface area (TPSA) is 73.2 Å². The highest BCUT2D eigenvalue weighted by atomic mass is 35.5. The first-order chi connectivity index (χ1) is 14.2. The predicted molar refractivity (Wildman–Crippen MR) is 119 cm³/mol. The fourth-order valence-corrected chi connectivity index (χ4v) is 3.44. The molecule has 0 unspecified atom stereocenters. The molecule has 0 aliphatic rings. The largest absolute Gasteiger partial charge is 0.463 e. The fourth-order valence-electron chi connectivity index (χ4n) is 3.28. The van der Waals surface area contributed by atoms with E-state index in [1.807, 2.05) is 45.9 Å². The summed E-state index contributed by atoms with van der Waals surface area (Å²) in [6.45, 7) is 9.41. The number of rotatable bonds is 5. The first-order valence-electron chi connectivity index (χ1n) is 9.58. The molecule has 156 valence electrons. The number of hydrogen-bond donors (Lipinski definition) is 1. The third-order valence-corrected chi connectivity index (χ3v) is 5.00. The van der Waals surface area contributed by atoms with Gasteiger partial charge >= 0.3 is 0 Å². The highest BCUT2D eigenvalue weighted by Gasteiger charge is 2.18. The van der Waals surface area contributed by atoms with Gasteiger partial charge in [0, 0.05) is 22.8 Å². The molecule has 1 atom stereocenters. The van der Waals surface area contributed by atoms with Gasteiger partial charge in [-0.1, -0.05) is 35.4 Å². The van der Waals surface area contributed by atoms with Crippen LogP contribution in [0.25, 0.3) is 5.69 Å². The van der Waals surface area contributed by atoms with Gasteiger partial charge in [-0.3, -0.25) is 9.59 Å². The molecule has 1 amide bonds. The molecule has 3 rings (SSSR count). The van der Waals surface area contributed by atoms with Gasteiger partial charge < -0.3 is 10.1 Å². The highest BCUT2D eigenvalue weighted by Crippen LogP contribution is 2.23. The smallest absolute Gasteiger partial charge is 0.271 e. The minimum atomic E-state index is -0.816. The van der Waals surface area contributed by atoms with Gasteiger partial charge in [-0.15, -0.1) is 5.10 Å². The first-order valence-corrected chi connectivity index (χ1v) is 9.96. The van der Waals surface area contributed by atoms with Crippen molar-refractivity contribution in [2.24, 2.45) is 0 Å². The standard InChI is InChI=1S/C23H24ClN3O3/c1-13-10-15(3)22(16(4)11-13)25-23(29)17(5)30-20-8-9-21(28)27(26-20)19-12-18(24)7-6-14(19)2/h6-12,17H,1-5H3,(H,25,29)/t17-/m1/s1. The number of amides is 1. The van der Waals surface area contributed by atoms with Crippen molar-refractivity contribution in [2.45, 2.75) is 40.7 Å². The van der Waals surface area contributed by atoms with Crippen molar-refractivity contribution in [3.05, 3.63) is 80.1 Å². The van der Waals surface area contributed by atoms with Gasteiger partial charge in [-0.2, -0.15) is 4.68 Å². The van der Waals surface area contributed by atoms with Crippen molar-refractivity contribution in [1.82, 2.24) is 9.78 Å². The molecule has 0 aliphatic carbocycles. The van der Waals surface area contributed by atoms with Crippen molar-refractivity contribution >= 4 is 23.2 Å². The molecule has 30 heavy (non-hydrogen) atoms. The molecule has 1 N–H and O–H groups in total. The number of carbonyl (C=O) groups excluding carboxylic acids is 1. The third-order valence-electron chi connectivity index (χ3n) is 4.77. The Kier molecular flexibility index (Phi) is 6.27. The molecular weight excluding hydrogens is 402 g/mol. The van der Waals surface area contributed by atoms with Crippen LogP contribution >= 0.6 is 11.6 Å². The molecule has 0 bridgehead atoms. The second-order valence-electron chi connectivity index (χ2n) is 7.38. The number of aromatic nitrogens is 2. The van der Waals surface area contributed by atoms with Crippen LogP contribution in [0.15, 0.2) is 47.3 Å². The van der Waals surface area contributed by atoms with Gasteiger partial charge in [-0.25, -0.2) is 0 Å². The van der Waals surface area contributed by atoms with E-state index in [9.17, 15) is 9.59 Å². The normalized spacial score (nSPS) is 11.8. The lowest BCUT2D eigenvalue weighted by molar-refractivity contribution is -0.122. The predicted octanol–water partition coefficient (Wildman–Crippen LogP) is 4.53. The second-order valence-corrected chi connectivity index (χ2v) is 7.81. The molecule has 0 saturated carbocycles. The summed E-state index contributed by atoms with van der Waals surface area (Å²) < 4.78 is 6.94. The van der Waals surface area contributed by atoms with Crippen LogP contribution in [-0.4, -0.2) is 21.8 Å². The van der Waals surface area contributed by atoms with E-state index in [1.54, 1.807) is 19.1 Å². The molecule has 0 spiro atoms. The maximum absolute atomic E-state index is 12.7. The average Bonchev–Trinajstić information content (AvgIpc) is 2.68. The van der Waals surface area contributed by atoms with E-state index in [0.29, 0.717) is 10.7 Å². The minimum Gasteiger partial charge on any atom is -0.463 e. The SMILES string of the molecule is Cc1cc(C)c(NC(=O)[C@@H](C)Oc2ccc(=O)n(-c3cc(Cl)ccc3C)n2)c(C)c1. The van der Waals surface area contributed by atoms with Crippen LogP contribution < -0.4 is 15.6 Å². The molecule has 3 aromatic rings. The number of aryl methyl sites for hydroxylation is 4. The number of hydrogen-bond acceptors (Lipinski definition) is 4. The summed E-state index contributed by atoms with van der Waals surface area (Å²) in [5.41, 5.74) is 4.94. The summed E-state index contributed by atoms with van der Waals surface area (Å²) in [4.78, 5) is 25.0. The van der Waals surface area contributed by atoms with Crippen molar-refractivity contribution in [1.29, 1.82) is 0 Å². The van der Waals surface area contributed by atoms with Crippen molar-refractivity contribution in [3.8, 4) is 11.6 Å². The summed E-state index contributed by atoms with van der Waals surface area (Å²) >= 11 is 6.07. The van der Waals surface area contributed by atoms with Crippen molar-refractivity contribution < 1.29 is 9.53 Å². The Morgan fingerprint density at radius 3 is 2.37 bits per heavy atom. The summed E-state index contributed by atoms with van der Waals surface area (Å²) in [5, 5.41) is 7.68. The molecule has 2 aromatic carbocycles. The average molecular weight is 426 g/mol. The van der Waals surface area contributed by atoms with E-state index >= 15 is 0 Å². The monoisotopic (exact) mass is 425 g/mol. The summed E-state index contributed by atoms with van der Waals surface area (Å²) in [6, 6.07) is 12.0. The Morgan fingerprint density at radius 1 is 1.03 bits per heavy atom. The van der Waals surface area contributed by atoms with Gasteiger partial charge in [0.25, 0.3) is 11.5 Å². The molecular formula is C23H24ClN3O3.